The molecule has 2 saturated heterocycles. The Balaban J connectivity index is 1.45. The van der Waals surface area contributed by atoms with Gasteiger partial charge in [-0.2, -0.15) is 0 Å². The molecule has 4 atom stereocenters. The zero-order valence-corrected chi connectivity index (χ0v) is 25.5. The van der Waals surface area contributed by atoms with Gasteiger partial charge in [-0.1, -0.05) is 33.1 Å². The third-order valence-corrected chi connectivity index (χ3v) is 9.19. The molecule has 1 spiro atoms. The van der Waals surface area contributed by atoms with Crippen LogP contribution < -0.4 is 16.0 Å². The highest BCUT2D eigenvalue weighted by atomic mass is 19.4. The van der Waals surface area contributed by atoms with Crippen LogP contribution in [0, 0.1) is 17.3 Å². The molecule has 2 heterocycles. The van der Waals surface area contributed by atoms with Crippen LogP contribution in [0.1, 0.15) is 84.5 Å². The van der Waals surface area contributed by atoms with Crippen LogP contribution >= 0.6 is 0 Å². The van der Waals surface area contributed by atoms with Gasteiger partial charge in [0.15, 0.2) is 11.9 Å². The van der Waals surface area contributed by atoms with E-state index in [2.05, 4.69) is 20.7 Å². The van der Waals surface area contributed by atoms with Crippen LogP contribution in [0.5, 0.6) is 0 Å². The highest BCUT2D eigenvalue weighted by Gasteiger charge is 2.56. The van der Waals surface area contributed by atoms with Crippen molar-refractivity contribution in [2.24, 2.45) is 17.3 Å². The first-order chi connectivity index (χ1) is 20.7. The number of hydrogen-bond donors (Lipinski definition) is 3. The molecule has 4 fully saturated rings. The lowest BCUT2D eigenvalue weighted by molar-refractivity contribution is -0.321. The molecule has 2 aliphatic carbocycles. The van der Waals surface area contributed by atoms with Gasteiger partial charge in [0, 0.05) is 25.0 Å². The van der Waals surface area contributed by atoms with E-state index in [9.17, 15) is 37.1 Å². The molecule has 0 aromatic carbocycles. The van der Waals surface area contributed by atoms with Gasteiger partial charge < -0.3 is 25.6 Å². The molecule has 3 N–H and O–H groups in total. The topological polar surface area (TPSA) is 143 Å². The van der Waals surface area contributed by atoms with E-state index in [1.165, 1.54) is 11.3 Å². The molecule has 248 valence electrons. The monoisotopic (exact) mass is 630 g/mol. The second kappa shape index (κ2) is 14.6. The fourth-order valence-corrected chi connectivity index (χ4v) is 6.56. The predicted octanol–water partition coefficient (Wildman–Crippen LogP) is 2.36. The highest BCUT2D eigenvalue weighted by molar-refractivity contribution is 5.95. The van der Waals surface area contributed by atoms with Crippen molar-refractivity contribution >= 4 is 29.5 Å². The average molecular weight is 631 g/mol. The zero-order chi connectivity index (χ0) is 32.1. The highest BCUT2D eigenvalue weighted by Crippen LogP contribution is 2.55. The summed E-state index contributed by atoms with van der Waals surface area (Å²) in [7, 11) is 0. The van der Waals surface area contributed by atoms with E-state index in [4.69, 9.17) is 4.74 Å². The van der Waals surface area contributed by atoms with Gasteiger partial charge in [0.05, 0.1) is 12.6 Å². The maximum absolute atomic E-state index is 13.9. The molecule has 4 rings (SSSR count). The average Bonchev–Trinajstić information content (AvgIpc) is 3.43. The molecular weight excluding hydrogens is 585 g/mol. The van der Waals surface area contributed by atoms with E-state index in [0.717, 1.165) is 38.5 Å². The number of esters is 1. The van der Waals surface area contributed by atoms with Crippen molar-refractivity contribution in [3.8, 4) is 0 Å². The number of nitrogens with zero attached hydrogens (tertiary/aromatic N) is 1. The Hall–Kier alpha value is -2.74. The number of ketones is 1. The summed E-state index contributed by atoms with van der Waals surface area (Å²) in [4.78, 5) is 66.7. The summed E-state index contributed by atoms with van der Waals surface area (Å²) in [6.45, 7) is 3.07. The maximum Gasteiger partial charge on any atom is 0.522 e. The smallest absolute Gasteiger partial charge is 0.451 e. The van der Waals surface area contributed by atoms with E-state index in [1.54, 1.807) is 0 Å². The standard InChI is InChI=1S/C30H45F3N4O7/c1-18(2)12-24(44-25(39)15-35-20-6-4-3-5-7-20)28(42)37-17-29(9-10-29)14-22(37)27(41)36-21(13-19-8-11-34-26(19)40)23(38)16-43-30(31,32)33/h18-22,24,35H,3-17H2,1-2H3,(H,34,40)(H,36,41)/t19-,21-,22-,24+/m0/s1. The number of alkyl halides is 3. The zero-order valence-electron chi connectivity index (χ0n) is 25.5. The Labute approximate surface area is 255 Å². The number of ether oxygens (including phenoxy) is 2. The number of carbonyl (C=O) groups excluding carboxylic acids is 5. The molecule has 0 aromatic rings. The van der Waals surface area contributed by atoms with Gasteiger partial charge >= 0.3 is 12.3 Å². The lowest BCUT2D eigenvalue weighted by atomic mass is 9.95. The summed E-state index contributed by atoms with van der Waals surface area (Å²) in [6, 6.07) is -2.19. The van der Waals surface area contributed by atoms with Crippen molar-refractivity contribution in [2.75, 3.05) is 26.2 Å². The van der Waals surface area contributed by atoms with Crippen LogP contribution in [0.4, 0.5) is 13.2 Å². The van der Waals surface area contributed by atoms with Gasteiger partial charge in [-0.05, 0) is 62.7 Å². The Morgan fingerprint density at radius 3 is 2.39 bits per heavy atom. The largest absolute Gasteiger partial charge is 0.522 e. The first-order valence-electron chi connectivity index (χ1n) is 15.8. The van der Waals surface area contributed by atoms with Crippen molar-refractivity contribution < 1.29 is 46.6 Å². The van der Waals surface area contributed by atoms with E-state index in [1.807, 2.05) is 13.8 Å². The minimum atomic E-state index is -5.04. The van der Waals surface area contributed by atoms with E-state index < -0.39 is 60.6 Å². The lowest BCUT2D eigenvalue weighted by Crippen LogP contribution is -2.54. The van der Waals surface area contributed by atoms with Crippen molar-refractivity contribution in [3.05, 3.63) is 0 Å². The molecule has 44 heavy (non-hydrogen) atoms. The van der Waals surface area contributed by atoms with Gasteiger partial charge in [0.1, 0.15) is 12.6 Å². The molecule has 14 heteroatoms. The molecule has 2 aliphatic heterocycles. The van der Waals surface area contributed by atoms with Crippen LogP contribution in [0.3, 0.4) is 0 Å². The Morgan fingerprint density at radius 2 is 1.80 bits per heavy atom. The lowest BCUT2D eigenvalue weighted by Gasteiger charge is -2.30. The molecule has 0 bridgehead atoms. The summed E-state index contributed by atoms with van der Waals surface area (Å²) in [5.41, 5.74) is -0.267. The van der Waals surface area contributed by atoms with Gasteiger partial charge in [0.2, 0.25) is 11.8 Å². The minimum Gasteiger partial charge on any atom is -0.451 e. The molecule has 2 saturated carbocycles. The third-order valence-electron chi connectivity index (χ3n) is 9.19. The fraction of sp³-hybridized carbons (Fsp3) is 0.833. The summed E-state index contributed by atoms with van der Waals surface area (Å²) in [5.74, 6) is -3.79. The SMILES string of the molecule is CC(C)C[C@@H](OC(=O)CNC1CCCCC1)C(=O)N1CC2(CC2)C[C@H]1C(=O)N[C@@H](C[C@@H]1CCNC1=O)C(=O)COC(F)(F)F. The predicted molar refractivity (Wildman–Crippen MR) is 151 cm³/mol. The normalized spacial score (nSPS) is 24.7. The molecule has 0 radical (unpaired) electrons. The van der Waals surface area contributed by atoms with Crippen molar-refractivity contribution in [1.82, 2.24) is 20.9 Å². The summed E-state index contributed by atoms with van der Waals surface area (Å²) >= 11 is 0. The number of likely N-dealkylation sites (tertiary alicyclic amines) is 1. The van der Waals surface area contributed by atoms with Crippen LogP contribution in [0.2, 0.25) is 0 Å². The molecular formula is C30H45F3N4O7. The van der Waals surface area contributed by atoms with E-state index in [0.29, 0.717) is 19.4 Å². The van der Waals surface area contributed by atoms with Crippen LogP contribution in [-0.2, 0) is 33.4 Å². The second-order valence-electron chi connectivity index (χ2n) is 13.3. The summed E-state index contributed by atoms with van der Waals surface area (Å²) in [6.07, 6.45) is 1.50. The molecule has 11 nitrogen and oxygen atoms in total. The molecule has 4 aliphatic rings. The number of nitrogens with one attached hydrogen (secondary N) is 3. The first kappa shape index (κ1) is 34.1. The Kier molecular flexibility index (Phi) is 11.3. The van der Waals surface area contributed by atoms with Crippen LogP contribution in [-0.4, -0.2) is 91.2 Å². The molecule has 0 unspecified atom stereocenters. The van der Waals surface area contributed by atoms with Gasteiger partial charge in [-0.15, -0.1) is 13.2 Å². The van der Waals surface area contributed by atoms with Crippen molar-refractivity contribution in [3.63, 3.8) is 0 Å². The number of carbonyl (C=O) groups is 5. The van der Waals surface area contributed by atoms with Crippen LogP contribution in [0.15, 0.2) is 0 Å². The maximum atomic E-state index is 13.9. The van der Waals surface area contributed by atoms with E-state index >= 15 is 0 Å². The first-order valence-corrected chi connectivity index (χ1v) is 15.8. The summed E-state index contributed by atoms with van der Waals surface area (Å²) < 4.78 is 47.4. The number of rotatable bonds is 14. The van der Waals surface area contributed by atoms with Crippen LogP contribution in [0.25, 0.3) is 0 Å². The number of Topliss-reactive ketones (excluding diaryl/α,β-unsaturated/α-hetero) is 1. The fourth-order valence-electron chi connectivity index (χ4n) is 6.56. The van der Waals surface area contributed by atoms with E-state index in [-0.39, 0.29) is 49.2 Å². The van der Waals surface area contributed by atoms with Gasteiger partial charge in [0.25, 0.3) is 5.91 Å². The third kappa shape index (κ3) is 9.63. The number of hydrogen-bond acceptors (Lipinski definition) is 8. The second-order valence-corrected chi connectivity index (χ2v) is 13.3. The minimum absolute atomic E-state index is 0.000936. The Bertz CT molecular complexity index is 1080. The number of amides is 3. The molecule has 0 aromatic heterocycles. The quantitative estimate of drug-likeness (QED) is 0.249. The summed E-state index contributed by atoms with van der Waals surface area (Å²) in [5, 5.41) is 8.38. The number of halogens is 3. The Morgan fingerprint density at radius 1 is 1.09 bits per heavy atom. The molecule has 3 amide bonds. The van der Waals surface area contributed by atoms with Crippen molar-refractivity contribution in [1.29, 1.82) is 0 Å². The van der Waals surface area contributed by atoms with Crippen molar-refractivity contribution in [2.45, 2.75) is 115 Å². The van der Waals surface area contributed by atoms with Gasteiger partial charge in [-0.25, -0.2) is 0 Å². The van der Waals surface area contributed by atoms with Gasteiger partial charge in [-0.3, -0.25) is 28.7 Å².